The molecule has 0 heterocycles. The lowest BCUT2D eigenvalue weighted by atomic mass is 10.1. The molecule has 0 radical (unpaired) electrons. The summed E-state index contributed by atoms with van der Waals surface area (Å²) < 4.78 is 10.4. The molecule has 0 saturated heterocycles. The number of carbonyl (C=O) groups excluding carboxylic acids is 2. The highest BCUT2D eigenvalue weighted by molar-refractivity contribution is 5.77. The van der Waals surface area contributed by atoms with Gasteiger partial charge in [0.2, 0.25) is 0 Å². The van der Waals surface area contributed by atoms with Crippen molar-refractivity contribution >= 4 is 11.9 Å². The fourth-order valence-electron chi connectivity index (χ4n) is 2.11. The molecule has 2 atom stereocenters. The molecule has 0 aliphatic rings. The van der Waals surface area contributed by atoms with Gasteiger partial charge in [0.05, 0.1) is 25.6 Å². The minimum absolute atomic E-state index is 0.0651. The largest absolute Gasteiger partial charge is 0.465 e. The van der Waals surface area contributed by atoms with Gasteiger partial charge in [0, 0.05) is 0 Å². The van der Waals surface area contributed by atoms with Gasteiger partial charge >= 0.3 is 11.9 Å². The van der Waals surface area contributed by atoms with Crippen molar-refractivity contribution in [2.24, 2.45) is 5.92 Å². The van der Waals surface area contributed by atoms with Crippen LogP contribution in [0.15, 0.2) is 0 Å². The van der Waals surface area contributed by atoms with Crippen molar-refractivity contribution in [1.29, 1.82) is 0 Å². The number of rotatable bonds is 12. The lowest BCUT2D eigenvalue weighted by Crippen LogP contribution is -2.17. The van der Waals surface area contributed by atoms with Crippen molar-refractivity contribution in [1.82, 2.24) is 0 Å². The highest BCUT2D eigenvalue weighted by Gasteiger charge is 2.13. The van der Waals surface area contributed by atoms with E-state index in [1.54, 1.807) is 0 Å². The van der Waals surface area contributed by atoms with Gasteiger partial charge in [-0.2, -0.15) is 0 Å². The van der Waals surface area contributed by atoms with Crippen LogP contribution in [0.4, 0.5) is 0 Å². The summed E-state index contributed by atoms with van der Waals surface area (Å²) in [4.78, 5) is 23.1. The Morgan fingerprint density at radius 2 is 1.57 bits per heavy atom. The predicted molar refractivity (Wildman–Crippen MR) is 84.0 cm³/mol. The van der Waals surface area contributed by atoms with Gasteiger partial charge in [0.25, 0.3) is 0 Å². The molecule has 0 saturated carbocycles. The summed E-state index contributed by atoms with van der Waals surface area (Å²) in [6.45, 7) is 8.65. The molecule has 0 aromatic rings. The molecular weight excluding hydrogens is 268 g/mol. The molecule has 0 N–H and O–H groups in total. The Morgan fingerprint density at radius 1 is 0.905 bits per heavy atom. The van der Waals surface area contributed by atoms with Crippen molar-refractivity contribution in [3.63, 3.8) is 0 Å². The zero-order valence-electron chi connectivity index (χ0n) is 14.2. The lowest BCUT2D eigenvalue weighted by molar-refractivity contribution is -0.153. The van der Waals surface area contributed by atoms with Gasteiger partial charge in [-0.25, -0.2) is 0 Å². The second kappa shape index (κ2) is 12.7. The molecule has 0 spiro atoms. The molecule has 2 unspecified atom stereocenters. The molecule has 0 aliphatic heterocycles. The van der Waals surface area contributed by atoms with Gasteiger partial charge in [-0.1, -0.05) is 40.0 Å². The molecule has 0 aromatic heterocycles. The first-order valence-corrected chi connectivity index (χ1v) is 8.34. The fraction of sp³-hybridized carbons (Fsp3) is 0.882. The van der Waals surface area contributed by atoms with Crippen molar-refractivity contribution in [3.05, 3.63) is 0 Å². The van der Waals surface area contributed by atoms with Crippen molar-refractivity contribution in [2.75, 3.05) is 6.61 Å². The summed E-state index contributed by atoms with van der Waals surface area (Å²) in [6.07, 6.45) is 6.56. The topological polar surface area (TPSA) is 52.6 Å². The zero-order chi connectivity index (χ0) is 16.1. The first-order valence-electron chi connectivity index (χ1n) is 8.34. The van der Waals surface area contributed by atoms with E-state index in [4.69, 9.17) is 9.47 Å². The summed E-state index contributed by atoms with van der Waals surface area (Å²) in [5.41, 5.74) is 0. The Bertz CT molecular complexity index is 289. The monoisotopic (exact) mass is 300 g/mol. The predicted octanol–water partition coefficient (Wildman–Crippen LogP) is 4.26. The first-order chi connectivity index (χ1) is 9.99. The molecule has 0 fully saturated rings. The molecule has 4 nitrogen and oxygen atoms in total. The van der Waals surface area contributed by atoms with Crippen LogP contribution in [0, 0.1) is 5.92 Å². The van der Waals surface area contributed by atoms with Gasteiger partial charge in [0.1, 0.15) is 0 Å². The van der Waals surface area contributed by atoms with E-state index < -0.39 is 0 Å². The summed E-state index contributed by atoms with van der Waals surface area (Å²) >= 11 is 0. The van der Waals surface area contributed by atoms with Crippen LogP contribution in [-0.4, -0.2) is 24.6 Å². The number of unbranched alkanes of at least 4 members (excludes halogenated alkanes) is 2. The quantitative estimate of drug-likeness (QED) is 0.399. The van der Waals surface area contributed by atoms with Crippen LogP contribution < -0.4 is 0 Å². The molecule has 0 aliphatic carbocycles. The summed E-state index contributed by atoms with van der Waals surface area (Å²) in [7, 11) is 0. The SMILES string of the molecule is CCCCCC(C)OC(=O)CCC(=O)OCC(C)CCC. The maximum absolute atomic E-state index is 11.6. The molecule has 0 bridgehead atoms. The third-order valence-electron chi connectivity index (χ3n) is 3.39. The van der Waals surface area contributed by atoms with Crippen molar-refractivity contribution in [3.8, 4) is 0 Å². The van der Waals surface area contributed by atoms with Crippen LogP contribution in [-0.2, 0) is 19.1 Å². The first kappa shape index (κ1) is 19.9. The van der Waals surface area contributed by atoms with Crippen LogP contribution >= 0.6 is 0 Å². The Balaban J connectivity index is 3.69. The third kappa shape index (κ3) is 12.4. The Kier molecular flexibility index (Phi) is 12.0. The van der Waals surface area contributed by atoms with E-state index in [1.807, 2.05) is 6.92 Å². The molecule has 0 amide bonds. The number of ether oxygens (including phenoxy) is 2. The van der Waals surface area contributed by atoms with E-state index in [0.717, 1.165) is 38.5 Å². The number of hydrogen-bond donors (Lipinski definition) is 0. The highest BCUT2D eigenvalue weighted by atomic mass is 16.5. The summed E-state index contributed by atoms with van der Waals surface area (Å²) in [6, 6.07) is 0. The van der Waals surface area contributed by atoms with Gasteiger partial charge < -0.3 is 9.47 Å². The molecule has 124 valence electrons. The number of carbonyl (C=O) groups is 2. The van der Waals surface area contributed by atoms with Crippen LogP contribution in [0.1, 0.15) is 79.1 Å². The smallest absolute Gasteiger partial charge is 0.306 e. The molecule has 21 heavy (non-hydrogen) atoms. The number of hydrogen-bond acceptors (Lipinski definition) is 4. The second-order valence-electron chi connectivity index (χ2n) is 5.87. The van der Waals surface area contributed by atoms with Gasteiger partial charge in [-0.05, 0) is 32.1 Å². The third-order valence-corrected chi connectivity index (χ3v) is 3.39. The van der Waals surface area contributed by atoms with Crippen molar-refractivity contribution in [2.45, 2.75) is 85.2 Å². The van der Waals surface area contributed by atoms with Gasteiger partial charge in [0.15, 0.2) is 0 Å². The minimum atomic E-state index is -0.312. The van der Waals surface area contributed by atoms with E-state index in [2.05, 4.69) is 20.8 Å². The maximum atomic E-state index is 11.6. The summed E-state index contributed by atoms with van der Waals surface area (Å²) in [5.74, 6) is -0.240. The van der Waals surface area contributed by atoms with Crippen LogP contribution in [0.2, 0.25) is 0 Å². The zero-order valence-corrected chi connectivity index (χ0v) is 14.2. The summed E-state index contributed by atoms with van der Waals surface area (Å²) in [5, 5.41) is 0. The van der Waals surface area contributed by atoms with E-state index >= 15 is 0 Å². The van der Waals surface area contributed by atoms with Crippen LogP contribution in [0.5, 0.6) is 0 Å². The second-order valence-corrected chi connectivity index (χ2v) is 5.87. The Morgan fingerprint density at radius 3 is 2.19 bits per heavy atom. The number of esters is 2. The fourth-order valence-corrected chi connectivity index (χ4v) is 2.11. The van der Waals surface area contributed by atoms with E-state index in [1.165, 1.54) is 0 Å². The minimum Gasteiger partial charge on any atom is -0.465 e. The molecule has 0 rings (SSSR count). The maximum Gasteiger partial charge on any atom is 0.306 e. The van der Waals surface area contributed by atoms with Crippen molar-refractivity contribution < 1.29 is 19.1 Å². The average Bonchev–Trinajstić information content (AvgIpc) is 2.43. The Hall–Kier alpha value is -1.06. The lowest BCUT2D eigenvalue weighted by Gasteiger charge is -2.13. The normalized spacial score (nSPS) is 13.5. The Labute approximate surface area is 129 Å². The molecule has 4 heteroatoms. The van der Waals surface area contributed by atoms with E-state index in [0.29, 0.717) is 12.5 Å². The van der Waals surface area contributed by atoms with E-state index in [-0.39, 0.29) is 30.9 Å². The van der Waals surface area contributed by atoms with Crippen LogP contribution in [0.3, 0.4) is 0 Å². The average molecular weight is 300 g/mol. The highest BCUT2D eigenvalue weighted by Crippen LogP contribution is 2.09. The molecule has 0 aromatic carbocycles. The molecular formula is C17H32O4. The van der Waals surface area contributed by atoms with Gasteiger partial charge in [-0.15, -0.1) is 0 Å². The van der Waals surface area contributed by atoms with Gasteiger partial charge in [-0.3, -0.25) is 9.59 Å². The van der Waals surface area contributed by atoms with Crippen LogP contribution in [0.25, 0.3) is 0 Å². The standard InChI is InChI=1S/C17H32O4/c1-5-7-8-10-15(4)21-17(19)12-11-16(18)20-13-14(3)9-6-2/h14-15H,5-13H2,1-4H3. The van der Waals surface area contributed by atoms with E-state index in [9.17, 15) is 9.59 Å².